The first-order valence-electron chi connectivity index (χ1n) is 5.18. The number of rotatable bonds is 4. The molecule has 0 aliphatic rings. The summed E-state index contributed by atoms with van der Waals surface area (Å²) in [6.07, 6.45) is 2.05. The summed E-state index contributed by atoms with van der Waals surface area (Å²) in [5.41, 5.74) is 0. The summed E-state index contributed by atoms with van der Waals surface area (Å²) < 4.78 is -3.60. The Morgan fingerprint density at radius 3 is 1.74 bits per heavy atom. The predicted octanol–water partition coefficient (Wildman–Crippen LogP) is 5.42. The second-order valence-electron chi connectivity index (χ2n) is 3.46. The van der Waals surface area contributed by atoms with E-state index >= 15 is 0 Å². The van der Waals surface area contributed by atoms with Gasteiger partial charge in [-0.15, -0.1) is 0 Å². The molecule has 0 amide bonds. The summed E-state index contributed by atoms with van der Waals surface area (Å²) in [7, 11) is 0. The molecule has 0 bridgehead atoms. The molecule has 0 aliphatic carbocycles. The lowest BCUT2D eigenvalue weighted by molar-refractivity contribution is 0.766. The topological polar surface area (TPSA) is 38.7 Å². The third-order valence-electron chi connectivity index (χ3n) is 1.85. The Hall–Kier alpha value is 1.10. The van der Waals surface area contributed by atoms with Crippen LogP contribution in [-0.2, 0) is 7.59 Å². The number of unbranched alkanes of at least 4 members (excludes halogenated alkanes) is 1. The van der Waals surface area contributed by atoms with Gasteiger partial charge in [0.15, 0.2) is 16.8 Å². The third-order valence-corrected chi connectivity index (χ3v) is 3.80. The second-order valence-corrected chi connectivity index (χ2v) is 9.09. The molecule has 1 rings (SSSR count). The molecule has 0 saturated carbocycles. The number of aromatic nitrogens is 3. The van der Waals surface area contributed by atoms with Gasteiger partial charge in [0.05, 0.1) is 0 Å². The van der Waals surface area contributed by atoms with E-state index in [1.54, 1.807) is 0 Å². The third kappa shape index (κ3) is 6.16. The maximum absolute atomic E-state index is 5.75. The molecule has 0 aromatic carbocycles. The Balaban J connectivity index is 3.10. The zero-order valence-electron chi connectivity index (χ0n) is 9.64. The number of halogens is 6. The van der Waals surface area contributed by atoms with Gasteiger partial charge in [-0.2, -0.15) is 0 Å². The van der Waals surface area contributed by atoms with Crippen LogP contribution in [0, 0.1) is 0 Å². The van der Waals surface area contributed by atoms with Crippen molar-refractivity contribution in [2.45, 2.75) is 32.5 Å². The fourth-order valence-corrected chi connectivity index (χ4v) is 2.41. The summed E-state index contributed by atoms with van der Waals surface area (Å²) >= 11 is 35.9. The number of hydrogen-bond donors (Lipinski definition) is 0. The standard InChI is InChI=1S/C9H9Cl6N3S/c1-2-3-4-19-7-17-5(8(10,11)12)16-6(18-7)9(13,14)15/h2-4H2,1H3. The SMILES string of the molecule is CCCCSc1nc(C(Cl)(Cl)Cl)nc(C(Cl)(Cl)Cl)n1. The van der Waals surface area contributed by atoms with E-state index in [2.05, 4.69) is 21.9 Å². The van der Waals surface area contributed by atoms with Gasteiger partial charge in [0.1, 0.15) is 0 Å². The highest BCUT2D eigenvalue weighted by Gasteiger charge is 2.33. The molecule has 0 spiro atoms. The van der Waals surface area contributed by atoms with Crippen LogP contribution in [0.1, 0.15) is 31.4 Å². The van der Waals surface area contributed by atoms with E-state index in [0.29, 0.717) is 5.16 Å². The van der Waals surface area contributed by atoms with Gasteiger partial charge in [0, 0.05) is 5.75 Å². The van der Waals surface area contributed by atoms with Gasteiger partial charge in [-0.25, -0.2) is 15.0 Å². The Kier molecular flexibility index (Phi) is 7.06. The summed E-state index contributed by atoms with van der Waals surface area (Å²) in [5.74, 6) is 0.694. The minimum atomic E-state index is -1.80. The monoisotopic (exact) mass is 401 g/mol. The summed E-state index contributed by atoms with van der Waals surface area (Å²) in [6, 6.07) is 0. The average molecular weight is 404 g/mol. The number of nitrogens with zero attached hydrogens (tertiary/aromatic N) is 3. The minimum absolute atomic E-state index is 0.0622. The molecule has 0 atom stereocenters. The van der Waals surface area contributed by atoms with Gasteiger partial charge >= 0.3 is 0 Å². The number of hydrogen-bond acceptors (Lipinski definition) is 4. The van der Waals surface area contributed by atoms with Crippen molar-refractivity contribution in [1.82, 2.24) is 15.0 Å². The Morgan fingerprint density at radius 1 is 0.895 bits per heavy atom. The molecule has 3 nitrogen and oxygen atoms in total. The molecule has 0 aliphatic heterocycles. The summed E-state index contributed by atoms with van der Waals surface area (Å²) in [6.45, 7) is 2.08. The molecule has 1 aromatic rings. The van der Waals surface area contributed by atoms with Crippen molar-refractivity contribution in [3.63, 3.8) is 0 Å². The Bertz CT molecular complexity index is 399. The fraction of sp³-hybridized carbons (Fsp3) is 0.667. The molecular formula is C9H9Cl6N3S. The second kappa shape index (κ2) is 7.39. The lowest BCUT2D eigenvalue weighted by atomic mass is 10.4. The number of thioether (sulfide) groups is 1. The Morgan fingerprint density at radius 2 is 1.37 bits per heavy atom. The van der Waals surface area contributed by atoms with Gasteiger partial charge in [0.25, 0.3) is 0 Å². The van der Waals surface area contributed by atoms with Gasteiger partial charge in [-0.3, -0.25) is 0 Å². The van der Waals surface area contributed by atoms with Crippen LogP contribution in [-0.4, -0.2) is 20.7 Å². The van der Waals surface area contributed by atoms with Gasteiger partial charge in [0.2, 0.25) is 7.59 Å². The van der Waals surface area contributed by atoms with Crippen LogP contribution >= 0.6 is 81.4 Å². The van der Waals surface area contributed by atoms with E-state index in [0.717, 1.165) is 18.6 Å². The molecule has 0 unspecified atom stereocenters. The molecule has 19 heavy (non-hydrogen) atoms. The van der Waals surface area contributed by atoms with Crippen molar-refractivity contribution < 1.29 is 0 Å². The van der Waals surface area contributed by atoms with Crippen LogP contribution in [0.25, 0.3) is 0 Å². The lowest BCUT2D eigenvalue weighted by Crippen LogP contribution is -2.16. The van der Waals surface area contributed by atoms with E-state index in [9.17, 15) is 0 Å². The van der Waals surface area contributed by atoms with Crippen LogP contribution in [0.4, 0.5) is 0 Å². The van der Waals surface area contributed by atoms with Crippen molar-refractivity contribution in [2.75, 3.05) is 5.75 Å². The van der Waals surface area contributed by atoms with E-state index in [1.165, 1.54) is 11.8 Å². The van der Waals surface area contributed by atoms with Gasteiger partial charge in [-0.05, 0) is 6.42 Å². The summed E-state index contributed by atoms with van der Waals surface area (Å²) in [4.78, 5) is 12.0. The molecular weight excluding hydrogens is 395 g/mol. The minimum Gasteiger partial charge on any atom is -0.209 e. The quantitative estimate of drug-likeness (QED) is 0.382. The highest BCUT2D eigenvalue weighted by Crippen LogP contribution is 2.40. The molecule has 0 saturated heterocycles. The molecule has 0 radical (unpaired) electrons. The van der Waals surface area contributed by atoms with Gasteiger partial charge < -0.3 is 0 Å². The molecule has 0 N–H and O–H groups in total. The van der Waals surface area contributed by atoms with E-state index in [4.69, 9.17) is 69.6 Å². The summed E-state index contributed by atoms with van der Waals surface area (Å²) in [5, 5.41) is 0.367. The normalized spacial score (nSPS) is 12.8. The maximum atomic E-state index is 5.75. The van der Waals surface area contributed by atoms with Crippen molar-refractivity contribution in [3.8, 4) is 0 Å². The molecule has 1 aromatic heterocycles. The predicted molar refractivity (Wildman–Crippen MR) is 83.9 cm³/mol. The highest BCUT2D eigenvalue weighted by molar-refractivity contribution is 7.99. The van der Waals surface area contributed by atoms with Crippen molar-refractivity contribution in [1.29, 1.82) is 0 Å². The first kappa shape index (κ1) is 18.1. The zero-order chi connectivity index (χ0) is 14.7. The first-order chi connectivity index (χ1) is 8.64. The van der Waals surface area contributed by atoms with Crippen LogP contribution in [0.3, 0.4) is 0 Å². The Labute approximate surface area is 145 Å². The number of alkyl halides is 6. The van der Waals surface area contributed by atoms with E-state index in [1.807, 2.05) is 0 Å². The molecule has 10 heteroatoms. The van der Waals surface area contributed by atoms with Crippen molar-refractivity contribution >= 4 is 81.4 Å². The first-order valence-corrected chi connectivity index (χ1v) is 8.43. The van der Waals surface area contributed by atoms with Crippen LogP contribution in [0.2, 0.25) is 0 Å². The molecule has 1 heterocycles. The van der Waals surface area contributed by atoms with Crippen LogP contribution in [0.15, 0.2) is 5.16 Å². The van der Waals surface area contributed by atoms with Crippen LogP contribution in [0.5, 0.6) is 0 Å². The molecule has 0 fully saturated rings. The fourth-order valence-electron chi connectivity index (χ4n) is 0.982. The van der Waals surface area contributed by atoms with Gasteiger partial charge in [-0.1, -0.05) is 94.7 Å². The smallest absolute Gasteiger partial charge is 0.209 e. The maximum Gasteiger partial charge on any atom is 0.250 e. The average Bonchev–Trinajstić information content (AvgIpc) is 2.27. The lowest BCUT2D eigenvalue weighted by Gasteiger charge is -2.15. The van der Waals surface area contributed by atoms with Crippen molar-refractivity contribution in [2.24, 2.45) is 0 Å². The van der Waals surface area contributed by atoms with E-state index < -0.39 is 7.59 Å². The van der Waals surface area contributed by atoms with Crippen LogP contribution < -0.4 is 0 Å². The highest BCUT2D eigenvalue weighted by atomic mass is 35.6. The zero-order valence-corrected chi connectivity index (χ0v) is 15.0. The largest absolute Gasteiger partial charge is 0.250 e. The van der Waals surface area contributed by atoms with Crippen molar-refractivity contribution in [3.05, 3.63) is 11.6 Å². The molecule has 108 valence electrons. The van der Waals surface area contributed by atoms with E-state index in [-0.39, 0.29) is 11.6 Å².